The highest BCUT2D eigenvalue weighted by atomic mass is 19.4. The summed E-state index contributed by atoms with van der Waals surface area (Å²) in [6, 6.07) is 8.29. The molecule has 0 atom stereocenters. The van der Waals surface area contributed by atoms with E-state index in [4.69, 9.17) is 0 Å². The number of hydrogen-bond acceptors (Lipinski definition) is 3. The number of nitrogens with one attached hydrogen (secondary N) is 2. The van der Waals surface area contributed by atoms with Crippen molar-refractivity contribution < 1.29 is 40.7 Å². The first kappa shape index (κ1) is 22.1. The molecule has 0 aliphatic rings. The molecule has 0 aliphatic heterocycles. The molecule has 5 nitrogen and oxygen atoms in total. The lowest BCUT2D eigenvalue weighted by atomic mass is 10.1. The monoisotopic (exact) mass is 420 g/mol. The van der Waals surface area contributed by atoms with Crippen molar-refractivity contribution in [3.05, 3.63) is 65.2 Å². The van der Waals surface area contributed by atoms with Gasteiger partial charge < -0.3 is 15.4 Å². The maximum Gasteiger partial charge on any atom is 0.573 e. The lowest BCUT2D eigenvalue weighted by Crippen LogP contribution is -2.36. The van der Waals surface area contributed by atoms with E-state index in [0.717, 1.165) is 36.4 Å². The van der Waals surface area contributed by atoms with Gasteiger partial charge in [0.05, 0.1) is 12.1 Å². The number of alkyl halides is 6. The van der Waals surface area contributed by atoms with Crippen molar-refractivity contribution in [1.29, 1.82) is 0 Å². The van der Waals surface area contributed by atoms with Crippen LogP contribution in [0.2, 0.25) is 0 Å². The minimum Gasteiger partial charge on any atom is -0.406 e. The van der Waals surface area contributed by atoms with Crippen LogP contribution in [-0.4, -0.2) is 24.7 Å². The summed E-state index contributed by atoms with van der Waals surface area (Å²) >= 11 is 0. The van der Waals surface area contributed by atoms with Gasteiger partial charge in [0.15, 0.2) is 0 Å². The van der Waals surface area contributed by atoms with Gasteiger partial charge in [-0.2, -0.15) is 13.2 Å². The molecule has 2 amide bonds. The minimum atomic E-state index is -4.80. The second kappa shape index (κ2) is 8.84. The van der Waals surface area contributed by atoms with Crippen LogP contribution < -0.4 is 15.4 Å². The topological polar surface area (TPSA) is 67.4 Å². The Morgan fingerprint density at radius 3 is 1.93 bits per heavy atom. The number of halogens is 6. The minimum absolute atomic E-state index is 0.0126. The van der Waals surface area contributed by atoms with Crippen LogP contribution in [0, 0.1) is 0 Å². The molecule has 0 saturated heterocycles. The van der Waals surface area contributed by atoms with E-state index >= 15 is 0 Å². The van der Waals surface area contributed by atoms with Crippen LogP contribution in [0.15, 0.2) is 48.5 Å². The lowest BCUT2D eigenvalue weighted by molar-refractivity contribution is -0.274. The zero-order valence-electron chi connectivity index (χ0n) is 14.5. The largest absolute Gasteiger partial charge is 0.573 e. The fourth-order valence-electron chi connectivity index (χ4n) is 2.15. The molecule has 2 aromatic rings. The maximum atomic E-state index is 12.5. The molecule has 156 valence electrons. The van der Waals surface area contributed by atoms with Gasteiger partial charge in [-0.3, -0.25) is 9.59 Å². The number of amides is 2. The molecule has 2 rings (SSSR count). The second-order valence-corrected chi connectivity index (χ2v) is 5.73. The van der Waals surface area contributed by atoms with E-state index in [1.165, 1.54) is 12.1 Å². The quantitative estimate of drug-likeness (QED) is 0.702. The lowest BCUT2D eigenvalue weighted by Gasteiger charge is -2.10. The third kappa shape index (κ3) is 7.35. The Kier molecular flexibility index (Phi) is 6.72. The number of carbonyl (C=O) groups is 2. The van der Waals surface area contributed by atoms with Crippen LogP contribution in [0.1, 0.15) is 21.5 Å². The average molecular weight is 420 g/mol. The van der Waals surface area contributed by atoms with Crippen LogP contribution in [-0.2, 0) is 17.5 Å². The van der Waals surface area contributed by atoms with E-state index in [2.05, 4.69) is 15.4 Å². The summed E-state index contributed by atoms with van der Waals surface area (Å²) < 4.78 is 77.4. The van der Waals surface area contributed by atoms with Gasteiger partial charge in [0.25, 0.3) is 5.91 Å². The summed E-state index contributed by atoms with van der Waals surface area (Å²) in [5, 5.41) is 4.69. The van der Waals surface area contributed by atoms with Crippen LogP contribution >= 0.6 is 0 Å². The molecule has 0 aliphatic carbocycles. The number of ether oxygens (including phenoxy) is 1. The van der Waals surface area contributed by atoms with E-state index in [-0.39, 0.29) is 12.1 Å². The molecule has 0 saturated carbocycles. The molecule has 0 bridgehead atoms. The molecule has 0 radical (unpaired) electrons. The molecule has 11 heteroatoms. The van der Waals surface area contributed by atoms with Crippen molar-refractivity contribution in [2.75, 3.05) is 6.54 Å². The maximum absolute atomic E-state index is 12.5. The van der Waals surface area contributed by atoms with Crippen LogP contribution in [0.5, 0.6) is 5.75 Å². The van der Waals surface area contributed by atoms with E-state index in [9.17, 15) is 35.9 Å². The van der Waals surface area contributed by atoms with Crippen molar-refractivity contribution in [1.82, 2.24) is 10.6 Å². The first-order valence-electron chi connectivity index (χ1n) is 8.01. The zero-order valence-corrected chi connectivity index (χ0v) is 14.5. The highest BCUT2D eigenvalue weighted by Gasteiger charge is 2.31. The summed E-state index contributed by atoms with van der Waals surface area (Å²) in [5.41, 5.74) is -0.466. The van der Waals surface area contributed by atoms with Gasteiger partial charge in [-0.1, -0.05) is 12.1 Å². The van der Waals surface area contributed by atoms with E-state index in [1.54, 1.807) is 0 Å². The van der Waals surface area contributed by atoms with Crippen LogP contribution in [0.4, 0.5) is 26.3 Å². The third-order valence-electron chi connectivity index (χ3n) is 3.53. The Balaban J connectivity index is 1.79. The summed E-state index contributed by atoms with van der Waals surface area (Å²) in [5.74, 6) is -1.74. The first-order chi connectivity index (χ1) is 13.4. The molecule has 0 unspecified atom stereocenters. The van der Waals surface area contributed by atoms with Crippen molar-refractivity contribution in [2.24, 2.45) is 0 Å². The smallest absolute Gasteiger partial charge is 0.406 e. The highest BCUT2D eigenvalue weighted by Crippen LogP contribution is 2.29. The Morgan fingerprint density at radius 2 is 1.41 bits per heavy atom. The summed E-state index contributed by atoms with van der Waals surface area (Å²) in [6.45, 7) is -0.448. The van der Waals surface area contributed by atoms with Gasteiger partial charge in [0, 0.05) is 12.1 Å². The van der Waals surface area contributed by atoms with Crippen molar-refractivity contribution in [3.63, 3.8) is 0 Å². The first-order valence-corrected chi connectivity index (χ1v) is 8.01. The van der Waals surface area contributed by atoms with E-state index in [0.29, 0.717) is 5.56 Å². The predicted molar refractivity (Wildman–Crippen MR) is 88.7 cm³/mol. The van der Waals surface area contributed by atoms with Crippen molar-refractivity contribution in [2.45, 2.75) is 19.1 Å². The van der Waals surface area contributed by atoms with Gasteiger partial charge >= 0.3 is 12.5 Å². The predicted octanol–water partition coefficient (Wildman–Crippen LogP) is 3.65. The number of hydrogen-bond donors (Lipinski definition) is 2. The van der Waals surface area contributed by atoms with E-state index in [1.807, 2.05) is 0 Å². The van der Waals surface area contributed by atoms with Crippen LogP contribution in [0.25, 0.3) is 0 Å². The van der Waals surface area contributed by atoms with Crippen molar-refractivity contribution >= 4 is 11.8 Å². The molecule has 0 heterocycles. The average Bonchev–Trinajstić information content (AvgIpc) is 2.63. The van der Waals surface area contributed by atoms with Gasteiger partial charge in [-0.05, 0) is 42.0 Å². The van der Waals surface area contributed by atoms with Gasteiger partial charge in [-0.15, -0.1) is 13.2 Å². The molecule has 0 fully saturated rings. The van der Waals surface area contributed by atoms with Gasteiger partial charge in [0.2, 0.25) is 5.91 Å². The normalized spacial score (nSPS) is 11.7. The standard InChI is InChI=1S/C18H14F6N2O3/c19-17(20,21)13-5-3-12(4-6-13)16(28)26-10-15(27)25-9-11-1-7-14(8-2-11)29-18(22,23)24/h1-8H,9-10H2,(H,25,27)(H,26,28). The third-order valence-corrected chi connectivity index (χ3v) is 3.53. The Morgan fingerprint density at radius 1 is 0.828 bits per heavy atom. The Hall–Kier alpha value is -3.24. The van der Waals surface area contributed by atoms with Gasteiger partial charge in [-0.25, -0.2) is 0 Å². The molecular weight excluding hydrogens is 406 g/mol. The molecule has 29 heavy (non-hydrogen) atoms. The zero-order chi connectivity index (χ0) is 21.7. The van der Waals surface area contributed by atoms with Crippen molar-refractivity contribution in [3.8, 4) is 5.75 Å². The summed E-state index contributed by atoms with van der Waals surface area (Å²) in [4.78, 5) is 23.6. The summed E-state index contributed by atoms with van der Waals surface area (Å²) in [7, 11) is 0. The summed E-state index contributed by atoms with van der Waals surface area (Å²) in [6.07, 6.45) is -9.33. The Labute approximate surface area is 160 Å². The second-order valence-electron chi connectivity index (χ2n) is 5.73. The van der Waals surface area contributed by atoms with Gasteiger partial charge in [0.1, 0.15) is 5.75 Å². The molecule has 2 N–H and O–H groups in total. The number of rotatable bonds is 6. The van der Waals surface area contributed by atoms with Crippen LogP contribution in [0.3, 0.4) is 0 Å². The number of carbonyl (C=O) groups excluding carboxylic acids is 2. The Bertz CT molecular complexity index is 846. The fourth-order valence-corrected chi connectivity index (χ4v) is 2.15. The fraction of sp³-hybridized carbons (Fsp3) is 0.222. The SMILES string of the molecule is O=C(CNC(=O)c1ccc(C(F)(F)F)cc1)NCc1ccc(OC(F)(F)F)cc1. The molecule has 0 spiro atoms. The molecule has 0 aromatic heterocycles. The molecule has 2 aromatic carbocycles. The molecular formula is C18H14F6N2O3. The number of benzene rings is 2. The highest BCUT2D eigenvalue weighted by molar-refractivity contribution is 5.96. The van der Waals surface area contributed by atoms with E-state index < -0.39 is 42.2 Å².